The summed E-state index contributed by atoms with van der Waals surface area (Å²) in [7, 11) is 0. The van der Waals surface area contributed by atoms with E-state index in [0.29, 0.717) is 11.7 Å². The highest BCUT2D eigenvalue weighted by Crippen LogP contribution is 2.21. The van der Waals surface area contributed by atoms with E-state index in [9.17, 15) is 14.9 Å². The van der Waals surface area contributed by atoms with Gasteiger partial charge in [0.1, 0.15) is 10.7 Å². The monoisotopic (exact) mass is 345 g/mol. The first-order valence-electron chi connectivity index (χ1n) is 7.78. The third kappa shape index (κ3) is 5.45. The van der Waals surface area contributed by atoms with Gasteiger partial charge < -0.3 is 9.15 Å². The molecule has 2 aromatic rings. The summed E-state index contributed by atoms with van der Waals surface area (Å²) >= 11 is 0. The van der Waals surface area contributed by atoms with E-state index < -0.39 is 16.7 Å². The number of ether oxygens (including phenoxy) is 1. The number of carbonyl (C=O) groups excluding carboxylic acids is 1. The molecule has 0 fully saturated rings. The average molecular weight is 345 g/mol. The number of nitrogens with zero attached hydrogens (tertiary/aromatic N) is 2. The molecule has 0 saturated heterocycles. The van der Waals surface area contributed by atoms with Crippen molar-refractivity contribution < 1.29 is 18.9 Å². The molecule has 0 spiro atoms. The van der Waals surface area contributed by atoms with Crippen LogP contribution in [-0.4, -0.2) is 23.7 Å². The van der Waals surface area contributed by atoms with Crippen molar-refractivity contribution in [3.8, 4) is 5.75 Å². The Morgan fingerprint density at radius 1 is 1.36 bits per heavy atom. The molecular weight excluding hydrogens is 326 g/mol. The van der Waals surface area contributed by atoms with Crippen LogP contribution < -0.4 is 10.2 Å². The maximum absolute atomic E-state index is 11.7. The van der Waals surface area contributed by atoms with Crippen molar-refractivity contribution in [2.75, 3.05) is 6.61 Å². The topological polar surface area (TPSA) is 107 Å². The van der Waals surface area contributed by atoms with Crippen LogP contribution in [0.15, 0.2) is 45.9 Å². The zero-order chi connectivity index (χ0) is 18.2. The molecule has 0 saturated carbocycles. The van der Waals surface area contributed by atoms with E-state index in [1.54, 1.807) is 0 Å². The van der Waals surface area contributed by atoms with Crippen molar-refractivity contribution in [2.24, 2.45) is 5.10 Å². The number of carbonyl (C=O) groups is 1. The fourth-order valence-corrected chi connectivity index (χ4v) is 1.99. The fourth-order valence-electron chi connectivity index (χ4n) is 1.99. The fraction of sp³-hybridized carbons (Fsp3) is 0.294. The molecule has 1 amide bonds. The summed E-state index contributed by atoms with van der Waals surface area (Å²) in [5, 5.41) is 14.1. The van der Waals surface area contributed by atoms with Gasteiger partial charge >= 0.3 is 5.88 Å². The normalized spacial score (nSPS) is 12.1. The number of benzene rings is 1. The van der Waals surface area contributed by atoms with Crippen LogP contribution >= 0.6 is 0 Å². The molecule has 25 heavy (non-hydrogen) atoms. The molecule has 2 rings (SSSR count). The third-order valence-electron chi connectivity index (χ3n) is 3.61. The molecule has 8 heteroatoms. The van der Waals surface area contributed by atoms with Crippen LogP contribution in [0.1, 0.15) is 37.5 Å². The lowest BCUT2D eigenvalue weighted by molar-refractivity contribution is -0.402. The molecule has 0 aliphatic carbocycles. The molecule has 0 aliphatic rings. The zero-order valence-corrected chi connectivity index (χ0v) is 14.0. The van der Waals surface area contributed by atoms with Crippen molar-refractivity contribution in [3.05, 3.63) is 57.8 Å². The molecule has 1 N–H and O–H groups in total. The van der Waals surface area contributed by atoms with Gasteiger partial charge in [-0.2, -0.15) is 5.10 Å². The first-order valence-corrected chi connectivity index (χ1v) is 7.78. The maximum atomic E-state index is 11.7. The smallest absolute Gasteiger partial charge is 0.433 e. The highest BCUT2D eigenvalue weighted by molar-refractivity contribution is 5.81. The molecule has 1 aromatic carbocycles. The number of nitro groups is 1. The Balaban J connectivity index is 1.78. The summed E-state index contributed by atoms with van der Waals surface area (Å²) in [4.78, 5) is 21.5. The molecule has 1 heterocycles. The number of nitrogens with one attached hydrogen (secondary N) is 1. The van der Waals surface area contributed by atoms with E-state index in [-0.39, 0.29) is 12.4 Å². The summed E-state index contributed by atoms with van der Waals surface area (Å²) in [6.45, 7) is 4.08. The number of hydrogen-bond donors (Lipinski definition) is 1. The van der Waals surface area contributed by atoms with E-state index in [2.05, 4.69) is 24.4 Å². The van der Waals surface area contributed by atoms with Gasteiger partial charge in [0.15, 0.2) is 12.4 Å². The number of amides is 1. The van der Waals surface area contributed by atoms with Gasteiger partial charge in [-0.3, -0.25) is 14.9 Å². The predicted octanol–water partition coefficient (Wildman–Crippen LogP) is 3.23. The minimum absolute atomic E-state index is 0.161. The van der Waals surface area contributed by atoms with Crippen LogP contribution in [0.3, 0.4) is 0 Å². The molecule has 0 radical (unpaired) electrons. The van der Waals surface area contributed by atoms with Crippen LogP contribution in [0.4, 0.5) is 5.88 Å². The summed E-state index contributed by atoms with van der Waals surface area (Å²) in [5.41, 5.74) is 3.47. The third-order valence-corrected chi connectivity index (χ3v) is 3.61. The minimum Gasteiger partial charge on any atom is -0.484 e. The summed E-state index contributed by atoms with van der Waals surface area (Å²) in [6, 6.07) is 10.2. The van der Waals surface area contributed by atoms with Gasteiger partial charge in [-0.25, -0.2) is 5.43 Å². The number of hydrazone groups is 1. The Labute approximate surface area is 144 Å². The molecule has 0 unspecified atom stereocenters. The highest BCUT2D eigenvalue weighted by Gasteiger charge is 2.10. The molecule has 132 valence electrons. The summed E-state index contributed by atoms with van der Waals surface area (Å²) in [5.74, 6) is 0.380. The maximum Gasteiger partial charge on any atom is 0.433 e. The quantitative estimate of drug-likeness (QED) is 0.449. The van der Waals surface area contributed by atoms with Crippen LogP contribution in [0.2, 0.25) is 0 Å². The lowest BCUT2D eigenvalue weighted by Crippen LogP contribution is -2.24. The second-order valence-electron chi connectivity index (χ2n) is 5.39. The van der Waals surface area contributed by atoms with E-state index in [1.807, 2.05) is 24.3 Å². The van der Waals surface area contributed by atoms with E-state index in [0.717, 1.165) is 6.42 Å². The molecular formula is C17H19N3O5. The molecule has 1 aromatic heterocycles. The van der Waals surface area contributed by atoms with E-state index in [4.69, 9.17) is 9.15 Å². The molecule has 1 atom stereocenters. The van der Waals surface area contributed by atoms with E-state index >= 15 is 0 Å². The summed E-state index contributed by atoms with van der Waals surface area (Å²) in [6.07, 6.45) is 2.23. The zero-order valence-electron chi connectivity index (χ0n) is 14.0. The van der Waals surface area contributed by atoms with Crippen LogP contribution in [-0.2, 0) is 4.79 Å². The Morgan fingerprint density at radius 2 is 2.08 bits per heavy atom. The number of hydrogen-bond acceptors (Lipinski definition) is 6. The van der Waals surface area contributed by atoms with Gasteiger partial charge in [-0.05, 0) is 36.1 Å². The van der Waals surface area contributed by atoms with Crippen LogP contribution in [0.25, 0.3) is 0 Å². The lowest BCUT2D eigenvalue weighted by Gasteiger charge is -2.10. The molecule has 0 bridgehead atoms. The Bertz CT molecular complexity index is 752. The summed E-state index contributed by atoms with van der Waals surface area (Å²) < 4.78 is 10.2. The second kappa shape index (κ2) is 8.62. The van der Waals surface area contributed by atoms with E-state index in [1.165, 1.54) is 23.9 Å². The van der Waals surface area contributed by atoms with Gasteiger partial charge in [0, 0.05) is 0 Å². The van der Waals surface area contributed by atoms with Gasteiger partial charge in [0.2, 0.25) is 0 Å². The Kier molecular flexibility index (Phi) is 6.27. The van der Waals surface area contributed by atoms with Gasteiger partial charge in [0.25, 0.3) is 5.91 Å². The predicted molar refractivity (Wildman–Crippen MR) is 91.7 cm³/mol. The largest absolute Gasteiger partial charge is 0.484 e. The first-order chi connectivity index (χ1) is 12.0. The van der Waals surface area contributed by atoms with Gasteiger partial charge in [-0.15, -0.1) is 0 Å². The van der Waals surface area contributed by atoms with Gasteiger partial charge in [-0.1, -0.05) is 26.0 Å². The van der Waals surface area contributed by atoms with Crippen LogP contribution in [0, 0.1) is 10.1 Å². The van der Waals surface area contributed by atoms with Crippen molar-refractivity contribution in [3.63, 3.8) is 0 Å². The van der Waals surface area contributed by atoms with Crippen molar-refractivity contribution >= 4 is 18.0 Å². The number of furan rings is 1. The lowest BCUT2D eigenvalue weighted by atomic mass is 9.99. The Hall–Kier alpha value is -3.16. The Morgan fingerprint density at radius 3 is 2.68 bits per heavy atom. The second-order valence-corrected chi connectivity index (χ2v) is 5.39. The van der Waals surface area contributed by atoms with Gasteiger partial charge in [0.05, 0.1) is 12.3 Å². The standard InChI is InChI=1S/C17H19N3O5/c1-3-12(2)13-4-6-14(7-5-13)24-11-16(21)19-18-10-15-8-9-17(25-15)20(22)23/h4-10,12H,3,11H2,1-2H3,(H,19,21)/b18-10+/t12-/m1/s1. The van der Waals surface area contributed by atoms with Crippen molar-refractivity contribution in [2.45, 2.75) is 26.2 Å². The molecule has 8 nitrogen and oxygen atoms in total. The molecule has 0 aliphatic heterocycles. The van der Waals surface area contributed by atoms with Crippen molar-refractivity contribution in [1.29, 1.82) is 0 Å². The first kappa shape index (κ1) is 18.2. The highest BCUT2D eigenvalue weighted by atomic mass is 16.6. The SMILES string of the molecule is CC[C@@H](C)c1ccc(OCC(=O)N/N=C/c2ccc([N+](=O)[O-])o2)cc1. The average Bonchev–Trinajstić information content (AvgIpc) is 3.09. The van der Waals surface area contributed by atoms with Crippen molar-refractivity contribution in [1.82, 2.24) is 5.43 Å². The number of rotatable bonds is 8. The minimum atomic E-state index is -0.656. The van der Waals surface area contributed by atoms with Crippen LogP contribution in [0.5, 0.6) is 5.75 Å².